The first-order valence-corrected chi connectivity index (χ1v) is 4.04. The van der Waals surface area contributed by atoms with Crippen LogP contribution in [0.15, 0.2) is 24.3 Å². The maximum atomic E-state index is 11.6. The summed E-state index contributed by atoms with van der Waals surface area (Å²) in [6, 6.07) is 7.01. The molecule has 2 nitrogen and oxygen atoms in total. The van der Waals surface area contributed by atoms with E-state index in [2.05, 4.69) is 0 Å². The summed E-state index contributed by atoms with van der Waals surface area (Å²) < 4.78 is 16.6. The summed E-state index contributed by atoms with van der Waals surface area (Å²) in [4.78, 5) is 10.3. The van der Waals surface area contributed by atoms with Gasteiger partial charge in [0.05, 0.1) is 13.2 Å². The number of hydrogen-bond donors (Lipinski definition) is 0. The third kappa shape index (κ3) is 3.34. The lowest BCUT2D eigenvalue weighted by molar-refractivity contribution is 0.106. The Balaban J connectivity index is 2.44. The van der Waals surface area contributed by atoms with Gasteiger partial charge in [0, 0.05) is 5.56 Å². The second kappa shape index (κ2) is 5.43. The Morgan fingerprint density at radius 2 is 2.00 bits per heavy atom. The summed E-state index contributed by atoms with van der Waals surface area (Å²) in [7, 11) is 0. The van der Waals surface area contributed by atoms with Crippen molar-refractivity contribution in [1.82, 2.24) is 0 Å². The van der Waals surface area contributed by atoms with Crippen LogP contribution in [0, 0.1) is 0 Å². The largest absolute Gasteiger partial charge is 0.374 e. The number of carbonyl (C=O) groups excluding carboxylic acids is 1. The SMILES string of the molecule is O=Cc1ccc(COCCF)cc1. The summed E-state index contributed by atoms with van der Waals surface area (Å²) in [5.41, 5.74) is 1.58. The number of alkyl halides is 1. The molecule has 1 aromatic rings. The molecule has 0 aromatic heterocycles. The molecular weight excluding hydrogens is 171 g/mol. The van der Waals surface area contributed by atoms with Gasteiger partial charge in [-0.1, -0.05) is 24.3 Å². The van der Waals surface area contributed by atoms with Gasteiger partial charge < -0.3 is 4.74 Å². The maximum absolute atomic E-state index is 11.6. The van der Waals surface area contributed by atoms with E-state index >= 15 is 0 Å². The predicted octanol–water partition coefficient (Wildman–Crippen LogP) is 1.99. The molecule has 0 saturated carbocycles. The minimum absolute atomic E-state index is 0.120. The first-order valence-electron chi connectivity index (χ1n) is 4.04. The highest BCUT2D eigenvalue weighted by atomic mass is 19.1. The topological polar surface area (TPSA) is 26.3 Å². The maximum Gasteiger partial charge on any atom is 0.150 e. The van der Waals surface area contributed by atoms with E-state index in [1.54, 1.807) is 24.3 Å². The number of halogens is 1. The van der Waals surface area contributed by atoms with E-state index in [1.807, 2.05) is 0 Å². The average Bonchev–Trinajstić information content (AvgIpc) is 2.19. The summed E-state index contributed by atoms with van der Waals surface area (Å²) in [6.07, 6.45) is 0.784. The van der Waals surface area contributed by atoms with Crippen molar-refractivity contribution in [3.05, 3.63) is 35.4 Å². The van der Waals surface area contributed by atoms with Gasteiger partial charge in [-0.2, -0.15) is 0 Å². The Bertz CT molecular complexity index is 256. The highest BCUT2D eigenvalue weighted by Gasteiger charge is 1.93. The Kier molecular flexibility index (Phi) is 4.12. The highest BCUT2D eigenvalue weighted by Crippen LogP contribution is 2.03. The third-order valence-electron chi connectivity index (χ3n) is 1.61. The molecule has 3 heteroatoms. The minimum atomic E-state index is -0.466. The molecule has 0 unspecified atom stereocenters. The molecule has 0 atom stereocenters. The predicted molar refractivity (Wildman–Crippen MR) is 47.5 cm³/mol. The van der Waals surface area contributed by atoms with Gasteiger partial charge in [-0.05, 0) is 5.56 Å². The van der Waals surface area contributed by atoms with Crippen LogP contribution in [0.25, 0.3) is 0 Å². The summed E-state index contributed by atoms with van der Waals surface area (Å²) in [6.45, 7) is 0.0465. The van der Waals surface area contributed by atoms with Crippen molar-refractivity contribution in [3.63, 3.8) is 0 Å². The molecule has 0 saturated heterocycles. The fraction of sp³-hybridized carbons (Fsp3) is 0.300. The molecule has 0 fully saturated rings. The van der Waals surface area contributed by atoms with Crippen LogP contribution in [0.3, 0.4) is 0 Å². The molecule has 70 valence electrons. The van der Waals surface area contributed by atoms with Crippen LogP contribution in [-0.4, -0.2) is 19.6 Å². The summed E-state index contributed by atoms with van der Waals surface area (Å²) in [5.74, 6) is 0. The zero-order valence-electron chi connectivity index (χ0n) is 7.20. The van der Waals surface area contributed by atoms with Crippen molar-refractivity contribution < 1.29 is 13.9 Å². The van der Waals surface area contributed by atoms with E-state index in [0.717, 1.165) is 11.8 Å². The van der Waals surface area contributed by atoms with E-state index in [9.17, 15) is 9.18 Å². The normalized spacial score (nSPS) is 9.92. The summed E-state index contributed by atoms with van der Waals surface area (Å²) >= 11 is 0. The average molecular weight is 182 g/mol. The molecule has 0 spiro atoms. The molecule has 0 N–H and O–H groups in total. The van der Waals surface area contributed by atoms with Crippen molar-refractivity contribution in [2.75, 3.05) is 13.3 Å². The first-order chi connectivity index (χ1) is 6.36. The lowest BCUT2D eigenvalue weighted by Gasteiger charge is -2.01. The molecule has 0 aliphatic rings. The van der Waals surface area contributed by atoms with E-state index < -0.39 is 6.67 Å². The van der Waals surface area contributed by atoms with Gasteiger partial charge in [0.1, 0.15) is 13.0 Å². The van der Waals surface area contributed by atoms with Crippen LogP contribution in [-0.2, 0) is 11.3 Å². The van der Waals surface area contributed by atoms with Crippen LogP contribution < -0.4 is 0 Å². The van der Waals surface area contributed by atoms with Gasteiger partial charge in [0.15, 0.2) is 0 Å². The Morgan fingerprint density at radius 1 is 1.31 bits per heavy atom. The zero-order chi connectivity index (χ0) is 9.52. The molecule has 0 aliphatic carbocycles. The molecule has 1 aromatic carbocycles. The van der Waals surface area contributed by atoms with Gasteiger partial charge in [-0.25, -0.2) is 4.39 Å². The molecule has 0 heterocycles. The number of aldehydes is 1. The van der Waals surface area contributed by atoms with E-state index in [-0.39, 0.29) is 6.61 Å². The van der Waals surface area contributed by atoms with Crippen LogP contribution in [0.5, 0.6) is 0 Å². The third-order valence-corrected chi connectivity index (χ3v) is 1.61. The molecule has 0 aliphatic heterocycles. The Labute approximate surface area is 76.3 Å². The van der Waals surface area contributed by atoms with Gasteiger partial charge in [-0.3, -0.25) is 4.79 Å². The second-order valence-corrected chi connectivity index (χ2v) is 2.60. The smallest absolute Gasteiger partial charge is 0.150 e. The number of carbonyl (C=O) groups is 1. The summed E-state index contributed by atoms with van der Waals surface area (Å²) in [5, 5.41) is 0. The van der Waals surface area contributed by atoms with Crippen LogP contribution in [0.1, 0.15) is 15.9 Å². The fourth-order valence-corrected chi connectivity index (χ4v) is 0.937. The van der Waals surface area contributed by atoms with Crippen LogP contribution in [0.2, 0.25) is 0 Å². The fourth-order valence-electron chi connectivity index (χ4n) is 0.937. The monoisotopic (exact) mass is 182 g/mol. The molecule has 13 heavy (non-hydrogen) atoms. The van der Waals surface area contributed by atoms with E-state index in [4.69, 9.17) is 4.74 Å². The standard InChI is InChI=1S/C10H11FO2/c11-5-6-13-8-10-3-1-9(7-12)2-4-10/h1-4,7H,5-6,8H2. The van der Waals surface area contributed by atoms with Crippen LogP contribution in [0.4, 0.5) is 4.39 Å². The quantitative estimate of drug-likeness (QED) is 0.514. The molecule has 0 amide bonds. The van der Waals surface area contributed by atoms with Crippen molar-refractivity contribution in [2.24, 2.45) is 0 Å². The molecule has 0 radical (unpaired) electrons. The number of rotatable bonds is 5. The van der Waals surface area contributed by atoms with Gasteiger partial charge in [0.2, 0.25) is 0 Å². The lowest BCUT2D eigenvalue weighted by atomic mass is 10.2. The minimum Gasteiger partial charge on any atom is -0.374 e. The molecule has 0 bridgehead atoms. The van der Waals surface area contributed by atoms with Gasteiger partial charge in [0.25, 0.3) is 0 Å². The molecular formula is C10H11FO2. The highest BCUT2D eigenvalue weighted by molar-refractivity contribution is 5.74. The second-order valence-electron chi connectivity index (χ2n) is 2.60. The van der Waals surface area contributed by atoms with Crippen molar-refractivity contribution >= 4 is 6.29 Å². The first kappa shape index (κ1) is 9.86. The van der Waals surface area contributed by atoms with Gasteiger partial charge >= 0.3 is 0 Å². The number of ether oxygens (including phenoxy) is 1. The van der Waals surface area contributed by atoms with Crippen molar-refractivity contribution in [3.8, 4) is 0 Å². The Morgan fingerprint density at radius 3 is 2.54 bits per heavy atom. The lowest BCUT2D eigenvalue weighted by Crippen LogP contribution is -1.96. The Hall–Kier alpha value is -1.22. The van der Waals surface area contributed by atoms with E-state index in [0.29, 0.717) is 12.2 Å². The van der Waals surface area contributed by atoms with Crippen molar-refractivity contribution in [1.29, 1.82) is 0 Å². The molecule has 1 rings (SSSR count). The number of benzene rings is 1. The van der Waals surface area contributed by atoms with Crippen LogP contribution >= 0.6 is 0 Å². The van der Waals surface area contributed by atoms with E-state index in [1.165, 1.54) is 0 Å². The zero-order valence-corrected chi connectivity index (χ0v) is 7.20. The number of hydrogen-bond acceptors (Lipinski definition) is 2. The van der Waals surface area contributed by atoms with Gasteiger partial charge in [-0.15, -0.1) is 0 Å². The van der Waals surface area contributed by atoms with Crippen molar-refractivity contribution in [2.45, 2.75) is 6.61 Å².